The standard InChI is InChI=1S/C12H6N2O2/c13-5-1-2-8-3-4-11-9(6-8)10(7-14-11)12(15)16/h3-4,6-7,14H,(H,15,16). The summed E-state index contributed by atoms with van der Waals surface area (Å²) in [7, 11) is 0. The van der Waals surface area contributed by atoms with Crippen LogP contribution in [0.1, 0.15) is 15.9 Å². The highest BCUT2D eigenvalue weighted by Gasteiger charge is 2.09. The zero-order valence-electron chi connectivity index (χ0n) is 8.11. The van der Waals surface area contributed by atoms with Crippen LogP contribution in [0, 0.1) is 23.2 Å². The number of nitrogens with one attached hydrogen (secondary N) is 1. The van der Waals surface area contributed by atoms with Crippen LogP contribution < -0.4 is 0 Å². The third kappa shape index (κ3) is 1.60. The molecule has 16 heavy (non-hydrogen) atoms. The molecule has 0 bridgehead atoms. The molecule has 0 atom stereocenters. The molecule has 1 aromatic carbocycles. The Morgan fingerprint density at radius 2 is 2.25 bits per heavy atom. The number of H-pyrrole nitrogens is 1. The molecule has 2 rings (SSSR count). The van der Waals surface area contributed by atoms with Gasteiger partial charge in [0.2, 0.25) is 0 Å². The lowest BCUT2D eigenvalue weighted by atomic mass is 10.1. The molecule has 0 saturated carbocycles. The van der Waals surface area contributed by atoms with Gasteiger partial charge in [-0.1, -0.05) is 5.92 Å². The summed E-state index contributed by atoms with van der Waals surface area (Å²) >= 11 is 0. The van der Waals surface area contributed by atoms with Crippen LogP contribution in [0.3, 0.4) is 0 Å². The quantitative estimate of drug-likeness (QED) is 0.704. The Bertz CT molecular complexity index is 666. The Hall–Kier alpha value is -2.72. The van der Waals surface area contributed by atoms with Gasteiger partial charge in [-0.05, 0) is 18.2 Å². The van der Waals surface area contributed by atoms with Crippen LogP contribution in [0.5, 0.6) is 0 Å². The summed E-state index contributed by atoms with van der Waals surface area (Å²) in [5.74, 6) is 3.90. The van der Waals surface area contributed by atoms with E-state index >= 15 is 0 Å². The van der Waals surface area contributed by atoms with Crippen molar-refractivity contribution >= 4 is 16.9 Å². The second-order valence-electron chi connectivity index (χ2n) is 3.13. The van der Waals surface area contributed by atoms with E-state index in [9.17, 15) is 4.79 Å². The Morgan fingerprint density at radius 3 is 2.94 bits per heavy atom. The third-order valence-corrected chi connectivity index (χ3v) is 2.17. The van der Waals surface area contributed by atoms with Gasteiger partial charge in [-0.25, -0.2) is 4.79 Å². The highest BCUT2D eigenvalue weighted by molar-refractivity contribution is 6.03. The summed E-state index contributed by atoms with van der Waals surface area (Å²) in [5.41, 5.74) is 1.56. The molecule has 0 aliphatic carbocycles. The van der Waals surface area contributed by atoms with Gasteiger partial charge in [-0.2, -0.15) is 5.26 Å². The van der Waals surface area contributed by atoms with Gasteiger partial charge in [0.1, 0.15) is 0 Å². The van der Waals surface area contributed by atoms with Crippen molar-refractivity contribution in [1.82, 2.24) is 4.98 Å². The fraction of sp³-hybridized carbons (Fsp3) is 0. The van der Waals surface area contributed by atoms with Gasteiger partial charge in [-0.15, -0.1) is 0 Å². The van der Waals surface area contributed by atoms with Gasteiger partial charge in [-0.3, -0.25) is 0 Å². The minimum atomic E-state index is -0.989. The Labute approximate surface area is 91.1 Å². The number of carbonyl (C=O) groups is 1. The Kier molecular flexibility index (Phi) is 2.33. The monoisotopic (exact) mass is 210 g/mol. The van der Waals surface area contributed by atoms with Gasteiger partial charge < -0.3 is 10.1 Å². The van der Waals surface area contributed by atoms with Gasteiger partial charge in [0.25, 0.3) is 0 Å². The zero-order valence-corrected chi connectivity index (χ0v) is 8.11. The summed E-state index contributed by atoms with van der Waals surface area (Å²) in [5, 5.41) is 17.8. The molecule has 2 aromatic rings. The number of aromatic nitrogens is 1. The summed E-state index contributed by atoms with van der Waals surface area (Å²) in [4.78, 5) is 13.8. The minimum Gasteiger partial charge on any atom is -0.478 e. The minimum absolute atomic E-state index is 0.204. The van der Waals surface area contributed by atoms with E-state index < -0.39 is 5.97 Å². The number of nitriles is 1. The first-order valence-corrected chi connectivity index (χ1v) is 4.47. The number of aromatic amines is 1. The first-order chi connectivity index (χ1) is 7.72. The number of fused-ring (bicyclic) bond motifs is 1. The van der Waals surface area contributed by atoms with Crippen LogP contribution in [0.15, 0.2) is 24.4 Å². The molecule has 0 spiro atoms. The van der Waals surface area contributed by atoms with E-state index in [1.54, 1.807) is 24.3 Å². The van der Waals surface area contributed by atoms with Crippen molar-refractivity contribution in [3.63, 3.8) is 0 Å². The summed E-state index contributed by atoms with van der Waals surface area (Å²) in [6.45, 7) is 0. The lowest BCUT2D eigenvalue weighted by Crippen LogP contribution is -1.93. The van der Waals surface area contributed by atoms with Crippen molar-refractivity contribution in [1.29, 1.82) is 5.26 Å². The number of benzene rings is 1. The first-order valence-electron chi connectivity index (χ1n) is 4.47. The Balaban J connectivity index is 2.64. The number of aromatic carboxylic acids is 1. The van der Waals surface area contributed by atoms with E-state index in [4.69, 9.17) is 10.4 Å². The topological polar surface area (TPSA) is 76.9 Å². The summed E-state index contributed by atoms with van der Waals surface area (Å²) in [6, 6.07) is 6.83. The van der Waals surface area contributed by atoms with E-state index in [2.05, 4.69) is 16.8 Å². The summed E-state index contributed by atoms with van der Waals surface area (Å²) in [6.07, 6.45) is 1.44. The normalized spacial score (nSPS) is 9.19. The maximum absolute atomic E-state index is 10.9. The first kappa shape index (κ1) is 9.82. The van der Waals surface area contributed by atoms with Gasteiger partial charge >= 0.3 is 5.97 Å². The number of carboxylic acid groups (broad SMARTS) is 1. The van der Waals surface area contributed by atoms with Crippen molar-refractivity contribution in [2.75, 3.05) is 0 Å². The molecule has 0 aliphatic rings. The molecule has 0 unspecified atom stereocenters. The lowest BCUT2D eigenvalue weighted by Gasteiger charge is -1.93. The molecule has 2 N–H and O–H groups in total. The number of carboxylic acids is 1. The zero-order chi connectivity index (χ0) is 11.5. The van der Waals surface area contributed by atoms with Crippen molar-refractivity contribution < 1.29 is 9.90 Å². The molecule has 1 heterocycles. The average molecular weight is 210 g/mol. The molecular weight excluding hydrogens is 204 g/mol. The number of hydrogen-bond acceptors (Lipinski definition) is 2. The van der Waals surface area contributed by atoms with Crippen molar-refractivity contribution in [3.05, 3.63) is 35.5 Å². The fourth-order valence-electron chi connectivity index (χ4n) is 1.48. The van der Waals surface area contributed by atoms with Crippen LogP contribution in [0.4, 0.5) is 0 Å². The molecule has 1 aromatic heterocycles. The van der Waals surface area contributed by atoms with E-state index in [0.717, 1.165) is 5.52 Å². The van der Waals surface area contributed by atoms with Crippen molar-refractivity contribution in [2.24, 2.45) is 0 Å². The SMILES string of the molecule is N#CC#Cc1ccc2[nH]cc(C(=O)O)c2c1. The second-order valence-corrected chi connectivity index (χ2v) is 3.13. The van der Waals surface area contributed by atoms with E-state index in [0.29, 0.717) is 10.9 Å². The van der Waals surface area contributed by atoms with Crippen LogP contribution >= 0.6 is 0 Å². The maximum atomic E-state index is 10.9. The highest BCUT2D eigenvalue weighted by Crippen LogP contribution is 2.19. The van der Waals surface area contributed by atoms with Crippen LogP contribution in [-0.2, 0) is 0 Å². The summed E-state index contributed by atoms with van der Waals surface area (Å²) < 4.78 is 0. The van der Waals surface area contributed by atoms with Gasteiger partial charge in [0.15, 0.2) is 6.07 Å². The maximum Gasteiger partial charge on any atom is 0.337 e. The molecule has 0 amide bonds. The van der Waals surface area contributed by atoms with Crippen molar-refractivity contribution in [3.8, 4) is 17.9 Å². The molecule has 0 aliphatic heterocycles. The molecule has 0 radical (unpaired) electrons. The second kappa shape index (κ2) is 3.80. The largest absolute Gasteiger partial charge is 0.478 e. The lowest BCUT2D eigenvalue weighted by molar-refractivity contribution is 0.0699. The number of rotatable bonds is 1. The van der Waals surface area contributed by atoms with E-state index in [-0.39, 0.29) is 5.56 Å². The number of nitrogens with zero attached hydrogens (tertiary/aromatic N) is 1. The van der Waals surface area contributed by atoms with Crippen LogP contribution in [0.2, 0.25) is 0 Å². The van der Waals surface area contributed by atoms with Crippen LogP contribution in [0.25, 0.3) is 10.9 Å². The fourth-order valence-corrected chi connectivity index (χ4v) is 1.48. The highest BCUT2D eigenvalue weighted by atomic mass is 16.4. The molecule has 0 saturated heterocycles. The predicted molar refractivity (Wildman–Crippen MR) is 57.7 cm³/mol. The molecule has 76 valence electrons. The molecule has 4 heteroatoms. The van der Waals surface area contributed by atoms with E-state index in [1.807, 2.05) is 0 Å². The molecular formula is C12H6N2O2. The van der Waals surface area contributed by atoms with Gasteiger partial charge in [0, 0.05) is 28.6 Å². The average Bonchev–Trinajstić information content (AvgIpc) is 2.69. The van der Waals surface area contributed by atoms with Crippen LogP contribution in [-0.4, -0.2) is 16.1 Å². The molecule has 4 nitrogen and oxygen atoms in total. The predicted octanol–water partition coefficient (Wildman–Crippen LogP) is 1.74. The van der Waals surface area contributed by atoms with E-state index in [1.165, 1.54) is 6.20 Å². The van der Waals surface area contributed by atoms with Gasteiger partial charge in [0.05, 0.1) is 5.56 Å². The van der Waals surface area contributed by atoms with Crippen molar-refractivity contribution in [2.45, 2.75) is 0 Å². The smallest absolute Gasteiger partial charge is 0.337 e. The number of hydrogen-bond donors (Lipinski definition) is 2. The molecule has 0 fully saturated rings. The Morgan fingerprint density at radius 1 is 1.44 bits per heavy atom. The third-order valence-electron chi connectivity index (χ3n) is 2.17.